The first-order valence-corrected chi connectivity index (χ1v) is 8.14. The number of nitrogens with one attached hydrogen (secondary N) is 1. The van der Waals surface area contributed by atoms with Gasteiger partial charge in [-0.1, -0.05) is 26.3 Å². The van der Waals surface area contributed by atoms with E-state index < -0.39 is 0 Å². The van der Waals surface area contributed by atoms with Crippen molar-refractivity contribution in [2.24, 2.45) is 11.8 Å². The van der Waals surface area contributed by atoms with Gasteiger partial charge in [-0.05, 0) is 37.3 Å². The highest BCUT2D eigenvalue weighted by molar-refractivity contribution is 5.37. The lowest BCUT2D eigenvalue weighted by molar-refractivity contribution is 0.268. The van der Waals surface area contributed by atoms with Gasteiger partial charge < -0.3 is 5.32 Å². The molecule has 116 valence electrons. The van der Waals surface area contributed by atoms with Gasteiger partial charge in [0.25, 0.3) is 0 Å². The Kier molecular flexibility index (Phi) is 4.39. The fourth-order valence-corrected chi connectivity index (χ4v) is 3.35. The fraction of sp³-hybridized carbons (Fsp3) is 0.588. The molecule has 0 spiro atoms. The smallest absolute Gasteiger partial charge is 0.160 e. The van der Waals surface area contributed by atoms with Crippen molar-refractivity contribution < 1.29 is 0 Å². The van der Waals surface area contributed by atoms with Gasteiger partial charge in [0.05, 0.1) is 12.1 Å². The van der Waals surface area contributed by atoms with Crippen LogP contribution in [-0.4, -0.2) is 20.6 Å². The number of hydrogen-bond donors (Lipinski definition) is 1. The van der Waals surface area contributed by atoms with E-state index in [4.69, 9.17) is 0 Å². The van der Waals surface area contributed by atoms with Gasteiger partial charge in [-0.2, -0.15) is 5.26 Å². The van der Waals surface area contributed by atoms with Crippen LogP contribution in [0.2, 0.25) is 0 Å². The summed E-state index contributed by atoms with van der Waals surface area (Å²) < 4.78 is 2.06. The molecule has 0 aliphatic heterocycles. The molecule has 0 radical (unpaired) electrons. The number of nitrogens with zero attached hydrogens (tertiary/aromatic N) is 4. The maximum Gasteiger partial charge on any atom is 0.160 e. The van der Waals surface area contributed by atoms with Gasteiger partial charge in [-0.3, -0.25) is 4.40 Å². The van der Waals surface area contributed by atoms with E-state index in [1.807, 2.05) is 24.4 Å². The highest BCUT2D eigenvalue weighted by atomic mass is 15.3. The Balaban J connectivity index is 1.83. The van der Waals surface area contributed by atoms with Crippen LogP contribution in [0.4, 0.5) is 0 Å². The Hall–Kier alpha value is -1.93. The molecule has 5 heteroatoms. The average molecular weight is 297 g/mol. The van der Waals surface area contributed by atoms with Crippen molar-refractivity contribution in [1.29, 1.82) is 5.26 Å². The van der Waals surface area contributed by atoms with Crippen LogP contribution in [0.15, 0.2) is 24.4 Å². The van der Waals surface area contributed by atoms with E-state index in [9.17, 15) is 5.26 Å². The topological polar surface area (TPSA) is 66.0 Å². The minimum atomic E-state index is 0.153. The maximum absolute atomic E-state index is 9.17. The quantitative estimate of drug-likeness (QED) is 0.941. The van der Waals surface area contributed by atoms with Crippen LogP contribution in [0.3, 0.4) is 0 Å². The molecule has 5 nitrogen and oxygen atoms in total. The van der Waals surface area contributed by atoms with E-state index in [0.29, 0.717) is 12.0 Å². The van der Waals surface area contributed by atoms with Crippen LogP contribution in [0.25, 0.3) is 5.65 Å². The molecule has 1 saturated carbocycles. The summed E-state index contributed by atoms with van der Waals surface area (Å²) in [6, 6.07) is 8.92. The second-order valence-electron chi connectivity index (χ2n) is 6.56. The Morgan fingerprint density at radius 3 is 2.95 bits per heavy atom. The SMILES string of the molecule is CC(C)C(NC1CCCC(C#N)C1)c1nnc2ccccn12. The molecule has 0 amide bonds. The predicted octanol–water partition coefficient (Wildman–Crippen LogP) is 3.10. The second-order valence-corrected chi connectivity index (χ2v) is 6.56. The van der Waals surface area contributed by atoms with E-state index in [1.165, 1.54) is 0 Å². The number of hydrogen-bond acceptors (Lipinski definition) is 4. The zero-order chi connectivity index (χ0) is 15.5. The highest BCUT2D eigenvalue weighted by Crippen LogP contribution is 2.28. The first-order valence-electron chi connectivity index (χ1n) is 8.14. The van der Waals surface area contributed by atoms with Crippen molar-refractivity contribution >= 4 is 5.65 Å². The standard InChI is InChI=1S/C17H23N5/c1-12(2)16(19-14-7-5-6-13(10-14)11-18)17-21-20-15-8-3-4-9-22(15)17/h3-4,8-9,12-14,16,19H,5-7,10H2,1-2H3. The summed E-state index contributed by atoms with van der Waals surface area (Å²) in [4.78, 5) is 0. The number of pyridine rings is 1. The van der Waals surface area contributed by atoms with Crippen LogP contribution in [0, 0.1) is 23.2 Å². The number of aromatic nitrogens is 3. The summed E-state index contributed by atoms with van der Waals surface area (Å²) in [6.45, 7) is 4.40. The lowest BCUT2D eigenvalue weighted by Crippen LogP contribution is -2.39. The van der Waals surface area contributed by atoms with Gasteiger partial charge in [0.1, 0.15) is 0 Å². The molecule has 1 aliphatic rings. The van der Waals surface area contributed by atoms with Gasteiger partial charge in [0.15, 0.2) is 11.5 Å². The van der Waals surface area contributed by atoms with E-state index in [1.54, 1.807) is 0 Å². The molecule has 1 aliphatic carbocycles. The Bertz CT molecular complexity index is 669. The molecule has 1 N–H and O–H groups in total. The Morgan fingerprint density at radius 1 is 1.32 bits per heavy atom. The van der Waals surface area contributed by atoms with Crippen LogP contribution >= 0.6 is 0 Å². The molecule has 22 heavy (non-hydrogen) atoms. The van der Waals surface area contributed by atoms with E-state index in [-0.39, 0.29) is 12.0 Å². The van der Waals surface area contributed by atoms with Gasteiger partial charge in [-0.15, -0.1) is 10.2 Å². The summed E-state index contributed by atoms with van der Waals surface area (Å²) in [5.74, 6) is 1.56. The van der Waals surface area contributed by atoms with Crippen LogP contribution in [0.5, 0.6) is 0 Å². The van der Waals surface area contributed by atoms with Crippen LogP contribution in [0.1, 0.15) is 51.4 Å². The third-order valence-corrected chi connectivity index (χ3v) is 4.56. The number of fused-ring (bicyclic) bond motifs is 1. The van der Waals surface area contributed by atoms with Crippen molar-refractivity contribution in [2.45, 2.75) is 51.6 Å². The van der Waals surface area contributed by atoms with Crippen molar-refractivity contribution in [3.63, 3.8) is 0 Å². The van der Waals surface area contributed by atoms with Crippen molar-refractivity contribution in [1.82, 2.24) is 19.9 Å². The number of rotatable bonds is 4. The third-order valence-electron chi connectivity index (χ3n) is 4.56. The summed E-state index contributed by atoms with van der Waals surface area (Å²) in [5.41, 5.74) is 0.878. The largest absolute Gasteiger partial charge is 0.304 e. The molecule has 1 fully saturated rings. The fourth-order valence-electron chi connectivity index (χ4n) is 3.35. The normalized spacial score (nSPS) is 23.5. The average Bonchev–Trinajstić information content (AvgIpc) is 2.96. The Morgan fingerprint density at radius 2 is 2.18 bits per heavy atom. The second kappa shape index (κ2) is 6.45. The minimum Gasteiger partial charge on any atom is -0.304 e. The van der Waals surface area contributed by atoms with Gasteiger partial charge >= 0.3 is 0 Å². The lowest BCUT2D eigenvalue weighted by Gasteiger charge is -2.31. The monoisotopic (exact) mass is 297 g/mol. The molecule has 3 unspecified atom stereocenters. The third kappa shape index (κ3) is 2.97. The molecule has 2 heterocycles. The highest BCUT2D eigenvalue weighted by Gasteiger charge is 2.28. The zero-order valence-corrected chi connectivity index (χ0v) is 13.2. The molecular weight excluding hydrogens is 274 g/mol. The molecule has 0 aromatic carbocycles. The van der Waals surface area contributed by atoms with Crippen LogP contribution in [-0.2, 0) is 0 Å². The van der Waals surface area contributed by atoms with Gasteiger partial charge in [-0.25, -0.2) is 0 Å². The van der Waals surface area contributed by atoms with Gasteiger partial charge in [0.2, 0.25) is 0 Å². The van der Waals surface area contributed by atoms with Gasteiger partial charge in [0, 0.05) is 18.2 Å². The molecule has 0 bridgehead atoms. The van der Waals surface area contributed by atoms with Crippen molar-refractivity contribution in [3.05, 3.63) is 30.2 Å². The molecular formula is C17H23N5. The summed E-state index contributed by atoms with van der Waals surface area (Å²) in [7, 11) is 0. The lowest BCUT2D eigenvalue weighted by atomic mass is 9.85. The van der Waals surface area contributed by atoms with Crippen LogP contribution < -0.4 is 5.32 Å². The number of nitriles is 1. The zero-order valence-electron chi connectivity index (χ0n) is 13.2. The molecule has 3 atom stereocenters. The molecule has 0 saturated heterocycles. The summed E-state index contributed by atoms with van der Waals surface area (Å²) >= 11 is 0. The molecule has 2 aromatic heterocycles. The van der Waals surface area contributed by atoms with E-state index in [0.717, 1.165) is 37.2 Å². The maximum atomic E-state index is 9.17. The van der Waals surface area contributed by atoms with E-state index >= 15 is 0 Å². The van der Waals surface area contributed by atoms with Crippen molar-refractivity contribution in [2.75, 3.05) is 0 Å². The van der Waals surface area contributed by atoms with E-state index in [2.05, 4.69) is 39.8 Å². The molecule has 2 aromatic rings. The predicted molar refractivity (Wildman–Crippen MR) is 85.1 cm³/mol. The summed E-state index contributed by atoms with van der Waals surface area (Å²) in [6.07, 6.45) is 6.26. The Labute approximate surface area is 131 Å². The minimum absolute atomic E-state index is 0.153. The first-order chi connectivity index (χ1) is 10.7. The summed E-state index contributed by atoms with van der Waals surface area (Å²) in [5, 5.41) is 21.6. The van der Waals surface area contributed by atoms with Crippen molar-refractivity contribution in [3.8, 4) is 6.07 Å². The molecule has 3 rings (SSSR count). The first kappa shape index (κ1) is 15.0.